The Morgan fingerprint density at radius 1 is 1.20 bits per heavy atom. The Labute approximate surface area is 145 Å². The fourth-order valence-corrected chi connectivity index (χ4v) is 3.31. The number of hydrogen-bond acceptors (Lipinski definition) is 4. The summed E-state index contributed by atoms with van der Waals surface area (Å²) in [5.41, 5.74) is 3.66. The first-order valence-corrected chi connectivity index (χ1v) is 9.08. The number of aryl methyl sites for hydroxylation is 1. The molecule has 0 atom stereocenters. The monoisotopic (exact) mass is 359 g/mol. The van der Waals surface area contributed by atoms with Crippen molar-refractivity contribution in [1.82, 2.24) is 0 Å². The number of nitrogens with one attached hydrogen (secondary N) is 2. The summed E-state index contributed by atoms with van der Waals surface area (Å²) in [6.07, 6.45) is 0.232. The van der Waals surface area contributed by atoms with Crippen LogP contribution in [0.2, 0.25) is 0 Å². The lowest BCUT2D eigenvalue weighted by Crippen LogP contribution is -2.16. The van der Waals surface area contributed by atoms with Gasteiger partial charge in [0.2, 0.25) is 15.9 Å². The summed E-state index contributed by atoms with van der Waals surface area (Å²) in [4.78, 5) is 23.9. The number of fused-ring (bicyclic) bond motifs is 1. The first kappa shape index (κ1) is 17.1. The van der Waals surface area contributed by atoms with Gasteiger partial charge in [-0.2, -0.15) is 0 Å². The van der Waals surface area contributed by atoms with Crippen molar-refractivity contribution in [1.29, 1.82) is 0 Å². The summed E-state index contributed by atoms with van der Waals surface area (Å²) in [6.45, 7) is 3.52. The number of anilines is 2. The van der Waals surface area contributed by atoms with E-state index in [9.17, 15) is 18.0 Å². The molecule has 4 N–H and O–H groups in total. The van der Waals surface area contributed by atoms with E-state index >= 15 is 0 Å². The van der Waals surface area contributed by atoms with E-state index in [0.717, 1.165) is 11.1 Å². The molecule has 0 aliphatic carbocycles. The Hall–Kier alpha value is -2.71. The van der Waals surface area contributed by atoms with Crippen LogP contribution in [0.4, 0.5) is 11.4 Å². The smallest absolute Gasteiger partial charge is 0.255 e. The fourth-order valence-electron chi connectivity index (χ4n) is 2.69. The molecule has 130 valence electrons. The molecule has 0 bridgehead atoms. The first-order valence-electron chi connectivity index (χ1n) is 7.53. The molecule has 25 heavy (non-hydrogen) atoms. The molecule has 0 saturated heterocycles. The van der Waals surface area contributed by atoms with Gasteiger partial charge in [0.15, 0.2) is 0 Å². The van der Waals surface area contributed by atoms with Crippen molar-refractivity contribution in [3.63, 3.8) is 0 Å². The van der Waals surface area contributed by atoms with Crippen LogP contribution < -0.4 is 15.8 Å². The Bertz CT molecular complexity index is 1010. The number of benzene rings is 2. The van der Waals surface area contributed by atoms with E-state index < -0.39 is 15.9 Å². The summed E-state index contributed by atoms with van der Waals surface area (Å²) in [5.74, 6) is -0.504. The molecule has 0 unspecified atom stereocenters. The van der Waals surface area contributed by atoms with Crippen molar-refractivity contribution in [3.05, 3.63) is 52.6 Å². The van der Waals surface area contributed by atoms with Gasteiger partial charge in [0.05, 0.1) is 11.3 Å². The minimum absolute atomic E-state index is 0.0605. The maximum absolute atomic E-state index is 12.5. The lowest BCUT2D eigenvalue weighted by molar-refractivity contribution is -0.115. The number of nitrogens with two attached hydrogens (primary N) is 1. The molecule has 2 aromatic carbocycles. The zero-order valence-electron chi connectivity index (χ0n) is 13.7. The second-order valence-corrected chi connectivity index (χ2v) is 7.57. The van der Waals surface area contributed by atoms with Crippen molar-refractivity contribution >= 4 is 33.2 Å². The maximum Gasteiger partial charge on any atom is 0.255 e. The van der Waals surface area contributed by atoms with Crippen LogP contribution in [0.15, 0.2) is 35.2 Å². The standard InChI is InChI=1S/C17H17N3O4S/c1-9-5-13(25(18,23)24)8-15(10(9)2)20-17(22)11-3-4-14-12(6-11)7-16(21)19-14/h3-6,8H,7H2,1-2H3,(H,19,21)(H,20,22)(H2,18,23,24). The van der Waals surface area contributed by atoms with Gasteiger partial charge in [-0.25, -0.2) is 13.6 Å². The highest BCUT2D eigenvalue weighted by atomic mass is 32.2. The summed E-state index contributed by atoms with van der Waals surface area (Å²) in [6, 6.07) is 7.73. The van der Waals surface area contributed by atoms with E-state index in [-0.39, 0.29) is 17.2 Å². The minimum Gasteiger partial charge on any atom is -0.326 e. The van der Waals surface area contributed by atoms with Gasteiger partial charge in [0.25, 0.3) is 5.91 Å². The molecule has 2 amide bonds. The third-order valence-electron chi connectivity index (χ3n) is 4.21. The molecular weight excluding hydrogens is 342 g/mol. The molecule has 1 aliphatic heterocycles. The average Bonchev–Trinajstić information content (AvgIpc) is 2.89. The molecule has 8 heteroatoms. The summed E-state index contributed by atoms with van der Waals surface area (Å²) in [7, 11) is -3.88. The van der Waals surface area contributed by atoms with Crippen LogP contribution in [0.5, 0.6) is 0 Å². The van der Waals surface area contributed by atoms with Crippen LogP contribution in [0.25, 0.3) is 0 Å². The van der Waals surface area contributed by atoms with E-state index in [1.54, 1.807) is 32.0 Å². The van der Waals surface area contributed by atoms with Gasteiger partial charge in [0.1, 0.15) is 0 Å². The van der Waals surface area contributed by atoms with Gasteiger partial charge in [-0.15, -0.1) is 0 Å². The highest BCUT2D eigenvalue weighted by molar-refractivity contribution is 7.89. The normalized spacial score (nSPS) is 13.3. The van der Waals surface area contributed by atoms with Crippen molar-refractivity contribution in [2.24, 2.45) is 5.14 Å². The Morgan fingerprint density at radius 3 is 2.60 bits per heavy atom. The lowest BCUT2D eigenvalue weighted by Gasteiger charge is -2.13. The van der Waals surface area contributed by atoms with Crippen LogP contribution in [-0.2, 0) is 21.2 Å². The molecular formula is C17H17N3O4S. The topological polar surface area (TPSA) is 118 Å². The van der Waals surface area contributed by atoms with Crippen molar-refractivity contribution < 1.29 is 18.0 Å². The zero-order chi connectivity index (χ0) is 18.4. The zero-order valence-corrected chi connectivity index (χ0v) is 14.5. The van der Waals surface area contributed by atoms with Crippen LogP contribution in [0, 0.1) is 13.8 Å². The van der Waals surface area contributed by atoms with Crippen LogP contribution >= 0.6 is 0 Å². The number of hydrogen-bond donors (Lipinski definition) is 3. The molecule has 7 nitrogen and oxygen atoms in total. The van der Waals surface area contributed by atoms with E-state index in [4.69, 9.17) is 5.14 Å². The van der Waals surface area contributed by atoms with E-state index in [1.807, 2.05) is 0 Å². The molecule has 0 saturated carbocycles. The molecule has 3 rings (SSSR count). The highest BCUT2D eigenvalue weighted by Crippen LogP contribution is 2.26. The van der Waals surface area contributed by atoms with E-state index in [2.05, 4.69) is 10.6 Å². The number of rotatable bonds is 3. The van der Waals surface area contributed by atoms with Gasteiger partial charge in [-0.05, 0) is 60.9 Å². The number of sulfonamides is 1. The number of primary sulfonamides is 1. The predicted molar refractivity (Wildman–Crippen MR) is 94.0 cm³/mol. The van der Waals surface area contributed by atoms with E-state index in [0.29, 0.717) is 22.5 Å². The van der Waals surface area contributed by atoms with Gasteiger partial charge < -0.3 is 10.6 Å². The predicted octanol–water partition coefficient (Wildman–Crippen LogP) is 1.70. The third-order valence-corrected chi connectivity index (χ3v) is 5.10. The highest BCUT2D eigenvalue weighted by Gasteiger charge is 2.20. The molecule has 0 radical (unpaired) electrons. The van der Waals surface area contributed by atoms with Crippen molar-refractivity contribution in [3.8, 4) is 0 Å². The van der Waals surface area contributed by atoms with E-state index in [1.165, 1.54) is 12.1 Å². The second-order valence-electron chi connectivity index (χ2n) is 6.01. The molecule has 1 aliphatic rings. The quantitative estimate of drug-likeness (QED) is 0.773. The van der Waals surface area contributed by atoms with Crippen molar-refractivity contribution in [2.45, 2.75) is 25.2 Å². The molecule has 0 fully saturated rings. The first-order chi connectivity index (χ1) is 11.6. The maximum atomic E-state index is 12.5. The summed E-state index contributed by atoms with van der Waals surface area (Å²) >= 11 is 0. The Balaban J connectivity index is 1.93. The molecule has 0 spiro atoms. The summed E-state index contributed by atoms with van der Waals surface area (Å²) in [5, 5.41) is 10.6. The minimum atomic E-state index is -3.88. The lowest BCUT2D eigenvalue weighted by atomic mass is 10.1. The summed E-state index contributed by atoms with van der Waals surface area (Å²) < 4.78 is 23.2. The molecule has 0 aromatic heterocycles. The second kappa shape index (κ2) is 5.98. The SMILES string of the molecule is Cc1cc(S(N)(=O)=O)cc(NC(=O)c2ccc3c(c2)CC(=O)N3)c1C. The average molecular weight is 359 g/mol. The Morgan fingerprint density at radius 2 is 1.92 bits per heavy atom. The number of carbonyl (C=O) groups is 2. The molecule has 1 heterocycles. The van der Waals surface area contributed by atoms with Gasteiger partial charge >= 0.3 is 0 Å². The number of amides is 2. The van der Waals surface area contributed by atoms with Gasteiger partial charge in [-0.3, -0.25) is 9.59 Å². The van der Waals surface area contributed by atoms with Crippen LogP contribution in [0.1, 0.15) is 27.0 Å². The van der Waals surface area contributed by atoms with Gasteiger partial charge in [-0.1, -0.05) is 0 Å². The van der Waals surface area contributed by atoms with Crippen molar-refractivity contribution in [2.75, 3.05) is 10.6 Å². The van der Waals surface area contributed by atoms with Crippen LogP contribution in [0.3, 0.4) is 0 Å². The Kier molecular flexibility index (Phi) is 4.09. The van der Waals surface area contributed by atoms with Gasteiger partial charge in [0, 0.05) is 16.9 Å². The van der Waals surface area contributed by atoms with Crippen LogP contribution in [-0.4, -0.2) is 20.2 Å². The molecule has 2 aromatic rings. The largest absolute Gasteiger partial charge is 0.326 e. The fraction of sp³-hybridized carbons (Fsp3) is 0.176. The third kappa shape index (κ3) is 3.40. The number of carbonyl (C=O) groups excluding carboxylic acids is 2.